The van der Waals surface area contributed by atoms with Crippen LogP contribution < -0.4 is 5.32 Å². The number of ether oxygens (including phenoxy) is 1. The first kappa shape index (κ1) is 31.6. The molecule has 2 aromatic carbocycles. The van der Waals surface area contributed by atoms with Gasteiger partial charge >= 0.3 is 6.09 Å². The number of carbonyl (C=O) groups excluding carboxylic acids is 2. The summed E-state index contributed by atoms with van der Waals surface area (Å²) in [7, 11) is 3.46. The average molecular weight is 570 g/mol. The van der Waals surface area contributed by atoms with Crippen molar-refractivity contribution in [2.45, 2.75) is 103 Å². The van der Waals surface area contributed by atoms with Gasteiger partial charge in [-0.05, 0) is 35.6 Å². The van der Waals surface area contributed by atoms with Crippen molar-refractivity contribution in [1.29, 1.82) is 0 Å². The molecule has 214 valence electrons. The molecule has 0 unspecified atom stereocenters. The molecule has 0 aliphatic heterocycles. The summed E-state index contributed by atoms with van der Waals surface area (Å²) in [6.07, 6.45) is 15.7. The number of hydrogen-bond donors (Lipinski definition) is 1. The fraction of sp³-hybridized carbons (Fsp3) is 0.576. The van der Waals surface area contributed by atoms with Gasteiger partial charge in [0.2, 0.25) is 0 Å². The standard InChI is InChI=1S/C33H47NO3S2/c1-3-4-5-6-7-8-9-10-11-12-13-18-23-38-39-25-32(26(2)35)34-33(36)37-24-31-29-21-16-14-19-27(29)28-20-15-17-22-30(28)31/h14-17,19-22,31-32H,3-13,18,23-25H2,1-2H3,(H,34,36)/t32-/m0/s1. The van der Waals surface area contributed by atoms with Crippen LogP contribution in [-0.4, -0.2) is 36.0 Å². The molecule has 3 rings (SSSR count). The van der Waals surface area contributed by atoms with Crippen LogP contribution in [0.15, 0.2) is 48.5 Å². The van der Waals surface area contributed by atoms with Crippen LogP contribution in [0.4, 0.5) is 4.79 Å². The summed E-state index contributed by atoms with van der Waals surface area (Å²) >= 11 is 0. The summed E-state index contributed by atoms with van der Waals surface area (Å²) in [5.41, 5.74) is 4.76. The highest BCUT2D eigenvalue weighted by atomic mass is 33.1. The van der Waals surface area contributed by atoms with E-state index in [4.69, 9.17) is 4.74 Å². The lowest BCUT2D eigenvalue weighted by atomic mass is 9.98. The normalized spacial score (nSPS) is 13.1. The number of alkyl carbamates (subject to hydrolysis) is 1. The van der Waals surface area contributed by atoms with Crippen LogP contribution in [0.5, 0.6) is 0 Å². The van der Waals surface area contributed by atoms with Gasteiger partial charge in [-0.1, -0.05) is 148 Å². The highest BCUT2D eigenvalue weighted by Gasteiger charge is 2.29. The van der Waals surface area contributed by atoms with Gasteiger partial charge in [-0.2, -0.15) is 0 Å². The van der Waals surface area contributed by atoms with Gasteiger partial charge in [0.25, 0.3) is 0 Å². The van der Waals surface area contributed by atoms with E-state index < -0.39 is 12.1 Å². The quantitative estimate of drug-likeness (QED) is 0.127. The van der Waals surface area contributed by atoms with Gasteiger partial charge in [-0.15, -0.1) is 0 Å². The van der Waals surface area contributed by atoms with Crippen molar-refractivity contribution >= 4 is 33.5 Å². The van der Waals surface area contributed by atoms with Crippen molar-refractivity contribution in [3.8, 4) is 11.1 Å². The van der Waals surface area contributed by atoms with Gasteiger partial charge in [0.05, 0.1) is 0 Å². The molecular formula is C33H47NO3S2. The van der Waals surface area contributed by atoms with E-state index in [1.54, 1.807) is 21.6 Å². The summed E-state index contributed by atoms with van der Waals surface area (Å²) in [5, 5.41) is 2.79. The molecule has 2 aromatic rings. The molecule has 0 fully saturated rings. The highest BCUT2D eigenvalue weighted by Crippen LogP contribution is 2.44. The van der Waals surface area contributed by atoms with Gasteiger partial charge < -0.3 is 10.1 Å². The van der Waals surface area contributed by atoms with Crippen LogP contribution in [0.25, 0.3) is 11.1 Å². The Kier molecular flexibility index (Phi) is 14.9. The second kappa shape index (κ2) is 18.4. The van der Waals surface area contributed by atoms with Crippen molar-refractivity contribution in [3.05, 3.63) is 59.7 Å². The van der Waals surface area contributed by atoms with Crippen LogP contribution in [0, 0.1) is 0 Å². The molecular weight excluding hydrogens is 523 g/mol. The molecule has 1 aliphatic carbocycles. The van der Waals surface area contributed by atoms with E-state index >= 15 is 0 Å². The van der Waals surface area contributed by atoms with Crippen LogP contribution >= 0.6 is 21.6 Å². The summed E-state index contributed by atoms with van der Waals surface area (Å²) in [4.78, 5) is 24.8. The molecule has 0 saturated heterocycles. The number of rotatable bonds is 20. The number of Topliss-reactive ketones (excluding diaryl/α,β-unsaturated/α-hetero) is 1. The molecule has 0 aromatic heterocycles. The SMILES string of the molecule is CCCCCCCCCCCCCCSSC[C@H](NC(=O)OCC1c2ccccc2-c2ccccc21)C(C)=O. The topological polar surface area (TPSA) is 55.4 Å². The number of fused-ring (bicyclic) bond motifs is 3. The zero-order valence-electron chi connectivity index (χ0n) is 23.9. The van der Waals surface area contributed by atoms with Crippen LogP contribution in [-0.2, 0) is 9.53 Å². The molecule has 4 nitrogen and oxygen atoms in total. The molecule has 0 bridgehead atoms. The third-order valence-electron chi connectivity index (χ3n) is 7.53. The second-order valence-electron chi connectivity index (χ2n) is 10.6. The second-order valence-corrected chi connectivity index (χ2v) is 13.3. The third-order valence-corrected chi connectivity index (χ3v) is 10.0. The van der Waals surface area contributed by atoms with Crippen LogP contribution in [0.2, 0.25) is 0 Å². The number of nitrogens with one attached hydrogen (secondary N) is 1. The average Bonchev–Trinajstić information content (AvgIpc) is 3.27. The molecule has 1 amide bonds. The zero-order chi connectivity index (χ0) is 27.7. The van der Waals surface area contributed by atoms with Gasteiger partial charge in [0.15, 0.2) is 5.78 Å². The lowest BCUT2D eigenvalue weighted by Crippen LogP contribution is -2.42. The first-order valence-electron chi connectivity index (χ1n) is 15.0. The van der Waals surface area contributed by atoms with Crippen LogP contribution in [0.1, 0.15) is 108 Å². The summed E-state index contributed by atoms with van der Waals surface area (Å²) in [6, 6.07) is 16.0. The first-order valence-corrected chi connectivity index (χ1v) is 17.5. The van der Waals surface area contributed by atoms with Crippen molar-refractivity contribution < 1.29 is 14.3 Å². The Hall–Kier alpha value is -1.92. The summed E-state index contributed by atoms with van der Waals surface area (Å²) < 4.78 is 5.63. The van der Waals surface area contributed by atoms with E-state index in [9.17, 15) is 9.59 Å². The first-order chi connectivity index (χ1) is 19.1. The summed E-state index contributed by atoms with van der Waals surface area (Å²) in [5.74, 6) is 1.61. The van der Waals surface area contributed by atoms with Crippen molar-refractivity contribution in [3.63, 3.8) is 0 Å². The number of unbranched alkanes of at least 4 members (excludes halogenated alkanes) is 11. The Bertz CT molecular complexity index is 966. The van der Waals surface area contributed by atoms with Crippen molar-refractivity contribution in [2.75, 3.05) is 18.1 Å². The molecule has 0 radical (unpaired) electrons. The molecule has 0 spiro atoms. The fourth-order valence-corrected chi connectivity index (χ4v) is 7.61. The molecule has 1 N–H and O–H groups in total. The van der Waals surface area contributed by atoms with Gasteiger partial charge in [-0.25, -0.2) is 4.79 Å². The lowest BCUT2D eigenvalue weighted by molar-refractivity contribution is -0.118. The number of amides is 1. The third kappa shape index (κ3) is 10.9. The van der Waals surface area contributed by atoms with Gasteiger partial charge in [0.1, 0.15) is 12.6 Å². The van der Waals surface area contributed by atoms with E-state index in [1.165, 1.54) is 106 Å². The number of benzene rings is 2. The molecule has 1 aliphatic rings. The van der Waals surface area contributed by atoms with E-state index in [2.05, 4.69) is 36.5 Å². The Morgan fingerprint density at radius 2 is 1.28 bits per heavy atom. The van der Waals surface area contributed by atoms with Gasteiger partial charge in [-0.3, -0.25) is 4.79 Å². The van der Waals surface area contributed by atoms with Crippen LogP contribution in [0.3, 0.4) is 0 Å². The Morgan fingerprint density at radius 3 is 1.82 bits per heavy atom. The Morgan fingerprint density at radius 1 is 0.769 bits per heavy atom. The maximum atomic E-state index is 12.6. The van der Waals surface area contributed by atoms with E-state index in [0.29, 0.717) is 5.75 Å². The maximum Gasteiger partial charge on any atom is 0.407 e. The van der Waals surface area contributed by atoms with Gasteiger partial charge in [0, 0.05) is 17.4 Å². The van der Waals surface area contributed by atoms with Crippen molar-refractivity contribution in [1.82, 2.24) is 5.32 Å². The molecule has 1 atom stereocenters. The zero-order valence-corrected chi connectivity index (χ0v) is 25.6. The smallest absolute Gasteiger partial charge is 0.407 e. The van der Waals surface area contributed by atoms with E-state index in [0.717, 1.165) is 5.75 Å². The summed E-state index contributed by atoms with van der Waals surface area (Å²) in [6.45, 7) is 4.06. The molecule has 39 heavy (non-hydrogen) atoms. The minimum atomic E-state index is -0.528. The molecule has 6 heteroatoms. The minimum Gasteiger partial charge on any atom is -0.449 e. The Balaban J connectivity index is 1.25. The van der Waals surface area contributed by atoms with Crippen molar-refractivity contribution in [2.24, 2.45) is 0 Å². The van der Waals surface area contributed by atoms with E-state index in [-0.39, 0.29) is 18.3 Å². The predicted molar refractivity (Wildman–Crippen MR) is 169 cm³/mol. The fourth-order valence-electron chi connectivity index (χ4n) is 5.22. The Labute approximate surface area is 244 Å². The maximum absolute atomic E-state index is 12.6. The highest BCUT2D eigenvalue weighted by molar-refractivity contribution is 8.76. The molecule has 0 saturated carbocycles. The van der Waals surface area contributed by atoms with E-state index in [1.807, 2.05) is 24.3 Å². The minimum absolute atomic E-state index is 0.0133. The monoisotopic (exact) mass is 569 g/mol. The lowest BCUT2D eigenvalue weighted by Gasteiger charge is -2.18. The number of hydrogen-bond acceptors (Lipinski definition) is 5. The predicted octanol–water partition coefficient (Wildman–Crippen LogP) is 9.57. The number of carbonyl (C=O) groups is 2. The largest absolute Gasteiger partial charge is 0.449 e. The molecule has 0 heterocycles. The number of ketones is 1.